The summed E-state index contributed by atoms with van der Waals surface area (Å²) in [5.74, 6) is 1.96. The molecule has 0 aliphatic carbocycles. The van der Waals surface area contributed by atoms with Gasteiger partial charge in [-0.15, -0.1) is 21.8 Å². The third-order valence-corrected chi connectivity index (χ3v) is 1.96. The summed E-state index contributed by atoms with van der Waals surface area (Å²) in [7, 11) is 1.89. The van der Waals surface area contributed by atoms with Gasteiger partial charge in [0.25, 0.3) is 0 Å². The van der Waals surface area contributed by atoms with Crippen LogP contribution in [-0.2, 0) is 24.3 Å². The van der Waals surface area contributed by atoms with Crippen LogP contribution in [0.25, 0.3) is 0 Å². The Labute approximate surface area is 82.9 Å². The Morgan fingerprint density at radius 1 is 1.38 bits per heavy atom. The van der Waals surface area contributed by atoms with Gasteiger partial charge in [0.15, 0.2) is 5.82 Å². The lowest BCUT2D eigenvalue weighted by Crippen LogP contribution is -2.07. The summed E-state index contributed by atoms with van der Waals surface area (Å²) in [5, 5.41) is 7.88. The lowest BCUT2D eigenvalue weighted by Gasteiger charge is -2.06. The maximum atomic E-state index is 5.64. The van der Waals surface area contributed by atoms with Gasteiger partial charge in [-0.1, -0.05) is 0 Å². The Hall–Kier alpha value is -0.610. The van der Waals surface area contributed by atoms with Crippen LogP contribution in [0.2, 0.25) is 0 Å². The first kappa shape index (κ1) is 10.5. The number of nitrogens with zero attached hydrogens (tertiary/aromatic N) is 3. The van der Waals surface area contributed by atoms with E-state index in [1.807, 2.05) is 25.5 Å². The van der Waals surface area contributed by atoms with Crippen LogP contribution in [0.5, 0.6) is 0 Å². The summed E-state index contributed by atoms with van der Waals surface area (Å²) in [6.45, 7) is 4.45. The maximum absolute atomic E-state index is 5.64. The van der Waals surface area contributed by atoms with Gasteiger partial charge in [-0.05, 0) is 13.8 Å². The summed E-state index contributed by atoms with van der Waals surface area (Å²) < 4.78 is 7.26. The van der Waals surface area contributed by atoms with Gasteiger partial charge in [0.1, 0.15) is 12.4 Å². The van der Waals surface area contributed by atoms with Gasteiger partial charge in [0.05, 0.1) is 12.0 Å². The number of ether oxygens (including phenoxy) is 1. The average molecular weight is 204 g/mol. The molecule has 1 heterocycles. The van der Waals surface area contributed by atoms with E-state index in [0.29, 0.717) is 12.5 Å². The Kier molecular flexibility index (Phi) is 3.69. The molecule has 0 saturated carbocycles. The zero-order valence-electron chi connectivity index (χ0n) is 8.12. The molecule has 0 saturated heterocycles. The minimum Gasteiger partial charge on any atom is -0.371 e. The molecule has 0 N–H and O–H groups in total. The second kappa shape index (κ2) is 4.58. The highest BCUT2D eigenvalue weighted by Crippen LogP contribution is 2.04. The average Bonchev–Trinajstić information content (AvgIpc) is 2.43. The van der Waals surface area contributed by atoms with E-state index < -0.39 is 0 Å². The van der Waals surface area contributed by atoms with E-state index in [0.717, 1.165) is 11.6 Å². The first-order valence-electron chi connectivity index (χ1n) is 4.20. The van der Waals surface area contributed by atoms with Crippen LogP contribution in [-0.4, -0.2) is 20.9 Å². The zero-order valence-corrected chi connectivity index (χ0v) is 8.88. The van der Waals surface area contributed by atoms with Crippen LogP contribution in [0.1, 0.15) is 25.5 Å². The van der Waals surface area contributed by atoms with Crippen molar-refractivity contribution in [2.75, 3.05) is 0 Å². The van der Waals surface area contributed by atoms with Crippen LogP contribution in [0.4, 0.5) is 0 Å². The Morgan fingerprint density at radius 2 is 2.00 bits per heavy atom. The van der Waals surface area contributed by atoms with Gasteiger partial charge < -0.3 is 9.30 Å². The molecule has 0 spiro atoms. The first-order chi connectivity index (χ1) is 6.15. The summed E-state index contributed by atoms with van der Waals surface area (Å²) in [4.78, 5) is 0. The number of hydrogen-bond acceptors (Lipinski definition) is 3. The third kappa shape index (κ3) is 2.67. The highest BCUT2D eigenvalue weighted by Gasteiger charge is 2.07. The first-order valence-corrected chi connectivity index (χ1v) is 4.73. The zero-order chi connectivity index (χ0) is 9.84. The molecule has 0 aromatic carbocycles. The minimum atomic E-state index is 0.205. The van der Waals surface area contributed by atoms with Crippen LogP contribution >= 0.6 is 11.6 Å². The van der Waals surface area contributed by atoms with Gasteiger partial charge in [-0.25, -0.2) is 0 Å². The van der Waals surface area contributed by atoms with Crippen molar-refractivity contribution < 1.29 is 4.74 Å². The minimum absolute atomic E-state index is 0.205. The van der Waals surface area contributed by atoms with E-state index in [1.54, 1.807) is 0 Å². The molecule has 1 aromatic heterocycles. The second-order valence-corrected chi connectivity index (χ2v) is 3.35. The normalized spacial score (nSPS) is 11.2. The monoisotopic (exact) mass is 203 g/mol. The van der Waals surface area contributed by atoms with Crippen LogP contribution in [0, 0.1) is 0 Å². The number of hydrogen-bond donors (Lipinski definition) is 0. The van der Waals surface area contributed by atoms with Gasteiger partial charge in [0, 0.05) is 7.05 Å². The lowest BCUT2D eigenvalue weighted by atomic mass is 10.5. The Morgan fingerprint density at radius 3 is 2.46 bits per heavy atom. The fourth-order valence-corrected chi connectivity index (χ4v) is 1.11. The Bertz CT molecular complexity index is 272. The fraction of sp³-hybridized carbons (Fsp3) is 0.750. The van der Waals surface area contributed by atoms with E-state index in [4.69, 9.17) is 16.3 Å². The van der Waals surface area contributed by atoms with Crippen molar-refractivity contribution in [3.8, 4) is 0 Å². The summed E-state index contributed by atoms with van der Waals surface area (Å²) in [6, 6.07) is 0. The molecule has 0 fully saturated rings. The predicted octanol–water partition coefficient (Wildman–Crippen LogP) is 1.48. The smallest absolute Gasteiger partial charge is 0.158 e. The quantitative estimate of drug-likeness (QED) is 0.696. The molecule has 0 amide bonds. The summed E-state index contributed by atoms with van der Waals surface area (Å²) in [6.07, 6.45) is 0.205. The third-order valence-electron chi connectivity index (χ3n) is 1.72. The van der Waals surface area contributed by atoms with Crippen LogP contribution in [0.15, 0.2) is 0 Å². The standard InChI is InChI=1S/C8H14ClN3O/c1-6(2)13-5-8-11-10-7(4-9)12(8)3/h6H,4-5H2,1-3H3. The molecule has 0 bridgehead atoms. The molecular formula is C8H14ClN3O. The van der Waals surface area contributed by atoms with Crippen molar-refractivity contribution in [2.45, 2.75) is 32.4 Å². The number of halogens is 1. The maximum Gasteiger partial charge on any atom is 0.158 e. The van der Waals surface area contributed by atoms with Gasteiger partial charge in [-0.2, -0.15) is 0 Å². The van der Waals surface area contributed by atoms with Crippen LogP contribution in [0.3, 0.4) is 0 Å². The van der Waals surface area contributed by atoms with Gasteiger partial charge >= 0.3 is 0 Å². The van der Waals surface area contributed by atoms with Crippen molar-refractivity contribution in [3.05, 3.63) is 11.6 Å². The molecule has 1 aromatic rings. The van der Waals surface area contributed by atoms with Gasteiger partial charge in [0.2, 0.25) is 0 Å². The number of alkyl halides is 1. The van der Waals surface area contributed by atoms with Crippen molar-refractivity contribution in [1.29, 1.82) is 0 Å². The second-order valence-electron chi connectivity index (χ2n) is 3.08. The predicted molar refractivity (Wildman–Crippen MR) is 50.5 cm³/mol. The molecule has 5 heteroatoms. The lowest BCUT2D eigenvalue weighted by molar-refractivity contribution is 0.0597. The van der Waals surface area contributed by atoms with E-state index in [1.165, 1.54) is 0 Å². The summed E-state index contributed by atoms with van der Waals surface area (Å²) >= 11 is 5.64. The molecule has 4 nitrogen and oxygen atoms in total. The number of rotatable bonds is 4. The Balaban J connectivity index is 2.62. The van der Waals surface area contributed by atoms with E-state index in [9.17, 15) is 0 Å². The molecule has 0 aliphatic rings. The SMILES string of the molecule is CC(C)OCc1nnc(CCl)n1C. The summed E-state index contributed by atoms with van der Waals surface area (Å²) in [5.41, 5.74) is 0. The molecule has 0 radical (unpaired) electrons. The molecule has 13 heavy (non-hydrogen) atoms. The number of aromatic nitrogens is 3. The molecule has 1 rings (SSSR count). The van der Waals surface area contributed by atoms with E-state index in [-0.39, 0.29) is 6.10 Å². The van der Waals surface area contributed by atoms with Crippen LogP contribution < -0.4 is 0 Å². The largest absolute Gasteiger partial charge is 0.371 e. The van der Waals surface area contributed by atoms with Gasteiger partial charge in [-0.3, -0.25) is 0 Å². The van der Waals surface area contributed by atoms with E-state index >= 15 is 0 Å². The highest BCUT2D eigenvalue weighted by molar-refractivity contribution is 6.16. The van der Waals surface area contributed by atoms with Crippen molar-refractivity contribution in [1.82, 2.24) is 14.8 Å². The fourth-order valence-electron chi connectivity index (χ4n) is 0.882. The molecular weight excluding hydrogens is 190 g/mol. The highest BCUT2D eigenvalue weighted by atomic mass is 35.5. The topological polar surface area (TPSA) is 39.9 Å². The molecule has 74 valence electrons. The molecule has 0 unspecified atom stereocenters. The van der Waals surface area contributed by atoms with Crippen molar-refractivity contribution in [2.24, 2.45) is 7.05 Å². The molecule has 0 atom stereocenters. The van der Waals surface area contributed by atoms with E-state index in [2.05, 4.69) is 10.2 Å². The molecule has 0 aliphatic heterocycles. The van der Waals surface area contributed by atoms with Crippen molar-refractivity contribution >= 4 is 11.6 Å². The van der Waals surface area contributed by atoms with Crippen molar-refractivity contribution in [3.63, 3.8) is 0 Å².